The van der Waals surface area contributed by atoms with Crippen LogP contribution in [0.2, 0.25) is 0 Å². The second kappa shape index (κ2) is 9.42. The van der Waals surface area contributed by atoms with Crippen molar-refractivity contribution < 1.29 is 28.7 Å². The summed E-state index contributed by atoms with van der Waals surface area (Å²) in [6.07, 6.45) is 1.77. The van der Waals surface area contributed by atoms with Gasteiger partial charge in [-0.2, -0.15) is 0 Å². The minimum absolute atomic E-state index is 0.102. The molecule has 2 aromatic carbocycles. The average molecular weight is 425 g/mol. The molecule has 0 spiro atoms. The first-order valence-electron chi connectivity index (χ1n) is 9.77. The molecule has 162 valence electrons. The number of rotatable bonds is 7. The molecule has 0 N–H and O–H groups in total. The number of benzene rings is 2. The number of nitro benzene ring substituents is 1. The number of carbonyl (C=O) groups excluding carboxylic acids is 2. The van der Waals surface area contributed by atoms with Crippen molar-refractivity contribution in [1.82, 2.24) is 0 Å². The van der Waals surface area contributed by atoms with Crippen LogP contribution in [0.25, 0.3) is 5.57 Å². The number of non-ortho nitro benzene ring substituents is 1. The quantitative estimate of drug-likeness (QED) is 0.286. The van der Waals surface area contributed by atoms with E-state index in [0.29, 0.717) is 29.1 Å². The predicted octanol–water partition coefficient (Wildman–Crippen LogP) is 3.93. The smallest absolute Gasteiger partial charge is 0.317 e. The number of carbonyl (C=O) groups is 2. The lowest BCUT2D eigenvalue weighted by Gasteiger charge is -2.29. The van der Waals surface area contributed by atoms with Crippen LogP contribution in [-0.2, 0) is 14.3 Å². The minimum atomic E-state index is -1.06. The maximum absolute atomic E-state index is 13.0. The third-order valence-electron chi connectivity index (χ3n) is 5.27. The summed E-state index contributed by atoms with van der Waals surface area (Å²) >= 11 is 0. The van der Waals surface area contributed by atoms with Gasteiger partial charge in [0.25, 0.3) is 5.69 Å². The molecule has 2 aromatic rings. The fourth-order valence-electron chi connectivity index (χ4n) is 3.80. The summed E-state index contributed by atoms with van der Waals surface area (Å²) in [4.78, 5) is 36.3. The van der Waals surface area contributed by atoms with Gasteiger partial charge in [-0.15, -0.1) is 0 Å². The Labute approximate surface area is 179 Å². The fraction of sp³-hybridized carbons (Fsp3) is 0.304. The first-order valence-corrected chi connectivity index (χ1v) is 9.77. The Kier molecular flexibility index (Phi) is 6.69. The molecule has 31 heavy (non-hydrogen) atoms. The van der Waals surface area contributed by atoms with Crippen LogP contribution >= 0.6 is 0 Å². The summed E-state index contributed by atoms with van der Waals surface area (Å²) in [6.45, 7) is 1.80. The van der Waals surface area contributed by atoms with Crippen molar-refractivity contribution in [1.29, 1.82) is 0 Å². The van der Waals surface area contributed by atoms with E-state index in [4.69, 9.17) is 14.2 Å². The van der Waals surface area contributed by atoms with Gasteiger partial charge < -0.3 is 14.2 Å². The van der Waals surface area contributed by atoms with E-state index in [0.717, 1.165) is 5.56 Å². The van der Waals surface area contributed by atoms with Crippen molar-refractivity contribution in [3.63, 3.8) is 0 Å². The summed E-state index contributed by atoms with van der Waals surface area (Å²) in [7, 11) is 3.05. The van der Waals surface area contributed by atoms with Crippen LogP contribution in [0.5, 0.6) is 11.5 Å². The summed E-state index contributed by atoms with van der Waals surface area (Å²) in [6, 6.07) is 11.3. The number of ether oxygens (including phenoxy) is 3. The molecule has 0 unspecified atom stereocenters. The van der Waals surface area contributed by atoms with Crippen molar-refractivity contribution in [3.8, 4) is 11.5 Å². The third-order valence-corrected chi connectivity index (χ3v) is 5.27. The maximum atomic E-state index is 13.0. The van der Waals surface area contributed by atoms with E-state index < -0.39 is 28.5 Å². The number of allylic oxidation sites excluding steroid dienone is 2. The molecule has 0 radical (unpaired) electrons. The van der Waals surface area contributed by atoms with Crippen LogP contribution in [0.3, 0.4) is 0 Å². The van der Waals surface area contributed by atoms with Crippen molar-refractivity contribution in [2.75, 3.05) is 20.8 Å². The van der Waals surface area contributed by atoms with Crippen molar-refractivity contribution in [2.24, 2.45) is 5.92 Å². The van der Waals surface area contributed by atoms with Gasteiger partial charge in [0.1, 0.15) is 5.92 Å². The zero-order valence-corrected chi connectivity index (χ0v) is 17.5. The zero-order chi connectivity index (χ0) is 22.5. The lowest BCUT2D eigenvalue weighted by atomic mass is 9.73. The maximum Gasteiger partial charge on any atom is 0.317 e. The zero-order valence-electron chi connectivity index (χ0n) is 17.5. The molecule has 0 saturated carbocycles. The molecule has 2 atom stereocenters. The summed E-state index contributed by atoms with van der Waals surface area (Å²) in [5.41, 5.74) is 1.87. The highest BCUT2D eigenvalue weighted by Gasteiger charge is 2.40. The number of nitrogens with zero attached hydrogens (tertiary/aromatic N) is 1. The molecule has 0 saturated heterocycles. The van der Waals surface area contributed by atoms with Crippen LogP contribution in [0.1, 0.15) is 30.4 Å². The molecule has 0 heterocycles. The first kappa shape index (κ1) is 22.0. The highest BCUT2D eigenvalue weighted by atomic mass is 16.6. The normalized spacial score (nSPS) is 18.2. The van der Waals surface area contributed by atoms with Crippen LogP contribution in [0.4, 0.5) is 5.69 Å². The summed E-state index contributed by atoms with van der Waals surface area (Å²) < 4.78 is 15.7. The van der Waals surface area contributed by atoms with Gasteiger partial charge in [-0.25, -0.2) is 0 Å². The largest absolute Gasteiger partial charge is 0.493 e. The number of methoxy groups -OCH3 is 2. The van der Waals surface area contributed by atoms with Gasteiger partial charge in [0.05, 0.1) is 25.7 Å². The van der Waals surface area contributed by atoms with Crippen LogP contribution in [-0.4, -0.2) is 37.5 Å². The molecule has 0 aliphatic heterocycles. The topological polar surface area (TPSA) is 105 Å². The van der Waals surface area contributed by atoms with Gasteiger partial charge in [-0.3, -0.25) is 19.7 Å². The van der Waals surface area contributed by atoms with E-state index in [1.54, 1.807) is 37.3 Å². The first-order chi connectivity index (χ1) is 14.9. The summed E-state index contributed by atoms with van der Waals surface area (Å²) in [5, 5.41) is 11.2. The molecule has 1 aliphatic carbocycles. The van der Waals surface area contributed by atoms with Crippen LogP contribution in [0.15, 0.2) is 48.5 Å². The monoisotopic (exact) mass is 425 g/mol. The van der Waals surface area contributed by atoms with Crippen LogP contribution in [0, 0.1) is 16.0 Å². The van der Waals surface area contributed by atoms with E-state index in [1.165, 1.54) is 32.4 Å². The van der Waals surface area contributed by atoms with E-state index >= 15 is 0 Å². The van der Waals surface area contributed by atoms with Gasteiger partial charge in [0, 0.05) is 18.1 Å². The lowest BCUT2D eigenvalue weighted by Crippen LogP contribution is -2.34. The van der Waals surface area contributed by atoms with E-state index in [9.17, 15) is 19.7 Å². The van der Waals surface area contributed by atoms with E-state index in [-0.39, 0.29) is 12.3 Å². The van der Waals surface area contributed by atoms with Crippen molar-refractivity contribution in [2.45, 2.75) is 19.3 Å². The number of nitro groups is 1. The Morgan fingerprint density at radius 3 is 2.52 bits per heavy atom. The Bertz CT molecular complexity index is 1040. The molecule has 0 fully saturated rings. The van der Waals surface area contributed by atoms with Crippen molar-refractivity contribution in [3.05, 3.63) is 69.8 Å². The summed E-state index contributed by atoms with van der Waals surface area (Å²) in [5.74, 6) is -1.63. The van der Waals surface area contributed by atoms with Gasteiger partial charge in [0.15, 0.2) is 17.3 Å². The van der Waals surface area contributed by atoms with Gasteiger partial charge in [-0.05, 0) is 48.3 Å². The Hall–Kier alpha value is -3.68. The highest BCUT2D eigenvalue weighted by Crippen LogP contribution is 2.42. The molecular formula is C23H23NO7. The van der Waals surface area contributed by atoms with Crippen molar-refractivity contribution >= 4 is 23.0 Å². The predicted molar refractivity (Wildman–Crippen MR) is 113 cm³/mol. The number of ketones is 1. The minimum Gasteiger partial charge on any atom is -0.493 e. The molecule has 0 aromatic heterocycles. The molecule has 1 aliphatic rings. The standard InChI is InChI=1S/C23H23NO7/c1-4-31-23(26)22-18(15-6-5-7-17(10-15)24(27)28)11-16(12-19(22)25)14-8-9-20(29-2)21(13-14)30-3/h5-10,12-13,18,22H,4,11H2,1-3H3/t18-,22-/m1/s1. The average Bonchev–Trinajstić information content (AvgIpc) is 2.78. The van der Waals surface area contributed by atoms with E-state index in [2.05, 4.69) is 0 Å². The van der Waals surface area contributed by atoms with Gasteiger partial charge in [-0.1, -0.05) is 18.2 Å². The Morgan fingerprint density at radius 2 is 1.87 bits per heavy atom. The van der Waals surface area contributed by atoms with Crippen LogP contribution < -0.4 is 9.47 Å². The molecule has 0 bridgehead atoms. The number of hydrogen-bond donors (Lipinski definition) is 0. The van der Waals surface area contributed by atoms with Gasteiger partial charge >= 0.3 is 5.97 Å². The molecule has 8 heteroatoms. The molecular weight excluding hydrogens is 402 g/mol. The number of esters is 1. The second-order valence-electron chi connectivity index (χ2n) is 7.03. The number of hydrogen-bond acceptors (Lipinski definition) is 7. The Balaban J connectivity index is 2.07. The Morgan fingerprint density at radius 1 is 1.13 bits per heavy atom. The highest BCUT2D eigenvalue weighted by molar-refractivity contribution is 6.10. The SMILES string of the molecule is CCOC(=O)[C@H]1C(=O)C=C(c2ccc(OC)c(OC)c2)C[C@@H]1c1cccc([N+](=O)[O-])c1. The molecule has 8 nitrogen and oxygen atoms in total. The third kappa shape index (κ3) is 4.58. The molecule has 3 rings (SSSR count). The second-order valence-corrected chi connectivity index (χ2v) is 7.03. The van der Waals surface area contributed by atoms with E-state index in [1.807, 2.05) is 0 Å². The van der Waals surface area contributed by atoms with Gasteiger partial charge in [0.2, 0.25) is 0 Å². The fourth-order valence-corrected chi connectivity index (χ4v) is 3.80. The lowest BCUT2D eigenvalue weighted by molar-refractivity contribution is -0.384. The molecule has 0 amide bonds.